The minimum Gasteiger partial charge on any atom is -0.431 e. The summed E-state index contributed by atoms with van der Waals surface area (Å²) in [5, 5.41) is 33.0. The monoisotopic (exact) mass is 283 g/mol. The maximum atomic E-state index is 11.1. The summed E-state index contributed by atoms with van der Waals surface area (Å²) in [6.45, 7) is 1.64. The van der Waals surface area contributed by atoms with Crippen molar-refractivity contribution >= 4 is 5.69 Å². The van der Waals surface area contributed by atoms with Gasteiger partial charge in [-0.1, -0.05) is 0 Å². The van der Waals surface area contributed by atoms with Gasteiger partial charge in [0.1, 0.15) is 11.6 Å². The Labute approximate surface area is 119 Å². The first-order valence-electron chi connectivity index (χ1n) is 5.78. The molecule has 0 radical (unpaired) electrons. The standard InChI is InChI=1S/C13H9N5O3/c1-8-10(7-15)13(17(2)16-8)21-12-4-3-9(6-14)5-11(12)18(19)20/h3-5H,1-2H3. The topological polar surface area (TPSA) is 118 Å². The first-order valence-corrected chi connectivity index (χ1v) is 5.78. The molecule has 21 heavy (non-hydrogen) atoms. The molecule has 1 heterocycles. The van der Waals surface area contributed by atoms with Crippen molar-refractivity contribution in [2.24, 2.45) is 7.05 Å². The normalized spacial score (nSPS) is 9.71. The van der Waals surface area contributed by atoms with E-state index in [0.717, 1.165) is 6.07 Å². The van der Waals surface area contributed by atoms with Crippen molar-refractivity contribution in [2.75, 3.05) is 0 Å². The second-order valence-corrected chi connectivity index (χ2v) is 4.15. The molecule has 0 unspecified atom stereocenters. The second-order valence-electron chi connectivity index (χ2n) is 4.15. The highest BCUT2D eigenvalue weighted by Gasteiger charge is 2.21. The van der Waals surface area contributed by atoms with Gasteiger partial charge in [0.05, 0.1) is 22.2 Å². The summed E-state index contributed by atoms with van der Waals surface area (Å²) in [7, 11) is 1.57. The molecule has 0 aliphatic heterocycles. The first kappa shape index (κ1) is 14.0. The lowest BCUT2D eigenvalue weighted by molar-refractivity contribution is -0.385. The number of nitro groups is 1. The Kier molecular flexibility index (Phi) is 3.55. The van der Waals surface area contributed by atoms with Crippen molar-refractivity contribution < 1.29 is 9.66 Å². The first-order chi connectivity index (χ1) is 9.97. The number of hydrogen-bond acceptors (Lipinski definition) is 6. The lowest BCUT2D eigenvalue weighted by Crippen LogP contribution is -1.99. The van der Waals surface area contributed by atoms with Crippen LogP contribution in [0.4, 0.5) is 5.69 Å². The van der Waals surface area contributed by atoms with Crippen molar-refractivity contribution in [3.63, 3.8) is 0 Å². The van der Waals surface area contributed by atoms with E-state index in [1.807, 2.05) is 12.1 Å². The van der Waals surface area contributed by atoms with Crippen LogP contribution in [0.5, 0.6) is 11.6 Å². The second kappa shape index (κ2) is 5.31. The predicted octanol–water partition coefficient (Wildman–Crippen LogP) is 2.17. The van der Waals surface area contributed by atoms with Crippen molar-refractivity contribution in [1.82, 2.24) is 9.78 Å². The highest BCUT2D eigenvalue weighted by atomic mass is 16.6. The van der Waals surface area contributed by atoms with Crippen LogP contribution in [0.15, 0.2) is 18.2 Å². The van der Waals surface area contributed by atoms with Gasteiger partial charge in [-0.05, 0) is 19.1 Å². The number of hydrogen-bond donors (Lipinski definition) is 0. The molecule has 0 aliphatic rings. The molecule has 104 valence electrons. The maximum Gasteiger partial charge on any atom is 0.312 e. The van der Waals surface area contributed by atoms with E-state index >= 15 is 0 Å². The summed E-state index contributed by atoms with van der Waals surface area (Å²) in [6, 6.07) is 7.60. The molecule has 1 aromatic carbocycles. The zero-order valence-corrected chi connectivity index (χ0v) is 11.2. The van der Waals surface area contributed by atoms with Crippen LogP contribution in [-0.2, 0) is 7.05 Å². The fourth-order valence-corrected chi connectivity index (χ4v) is 1.80. The third kappa shape index (κ3) is 2.51. The van der Waals surface area contributed by atoms with E-state index in [2.05, 4.69) is 5.10 Å². The third-order valence-corrected chi connectivity index (χ3v) is 2.77. The maximum absolute atomic E-state index is 11.1. The quantitative estimate of drug-likeness (QED) is 0.629. The van der Waals surface area contributed by atoms with Gasteiger partial charge in [0.25, 0.3) is 0 Å². The molecule has 0 amide bonds. The van der Waals surface area contributed by atoms with E-state index in [1.54, 1.807) is 14.0 Å². The molecule has 2 aromatic rings. The van der Waals surface area contributed by atoms with Gasteiger partial charge in [-0.25, -0.2) is 4.68 Å². The molecule has 0 aliphatic carbocycles. The highest BCUT2D eigenvalue weighted by Crippen LogP contribution is 2.33. The van der Waals surface area contributed by atoms with Crippen molar-refractivity contribution in [3.8, 4) is 23.8 Å². The number of benzene rings is 1. The Balaban J connectivity index is 2.53. The number of nitrogens with zero attached hydrogens (tertiary/aromatic N) is 5. The van der Waals surface area contributed by atoms with Crippen LogP contribution >= 0.6 is 0 Å². The molecule has 0 saturated heterocycles. The molecule has 0 fully saturated rings. The molecular formula is C13H9N5O3. The summed E-state index contributed by atoms with van der Waals surface area (Å²) in [5.41, 5.74) is 0.468. The molecule has 0 bridgehead atoms. The average Bonchev–Trinajstić information content (AvgIpc) is 2.72. The van der Waals surface area contributed by atoms with Crippen molar-refractivity contribution in [3.05, 3.63) is 45.1 Å². The van der Waals surface area contributed by atoms with Gasteiger partial charge in [0.15, 0.2) is 0 Å². The summed E-state index contributed by atoms with van der Waals surface area (Å²) in [6.07, 6.45) is 0. The van der Waals surface area contributed by atoms with Gasteiger partial charge >= 0.3 is 5.69 Å². The Morgan fingerprint density at radius 2 is 2.10 bits per heavy atom. The Morgan fingerprint density at radius 3 is 2.67 bits per heavy atom. The summed E-state index contributed by atoms with van der Waals surface area (Å²) >= 11 is 0. The molecule has 1 aromatic heterocycles. The van der Waals surface area contributed by atoms with E-state index < -0.39 is 4.92 Å². The average molecular weight is 283 g/mol. The molecule has 8 heteroatoms. The van der Waals surface area contributed by atoms with Gasteiger partial charge < -0.3 is 4.74 Å². The summed E-state index contributed by atoms with van der Waals surface area (Å²) in [4.78, 5) is 10.4. The van der Waals surface area contributed by atoms with Crippen molar-refractivity contribution in [2.45, 2.75) is 6.92 Å². The van der Waals surface area contributed by atoms with Gasteiger partial charge in [0, 0.05) is 13.1 Å². The van der Waals surface area contributed by atoms with Crippen LogP contribution < -0.4 is 4.74 Å². The SMILES string of the molecule is Cc1nn(C)c(Oc2ccc(C#N)cc2[N+](=O)[O-])c1C#N. The van der Waals surface area contributed by atoms with E-state index in [1.165, 1.54) is 16.8 Å². The largest absolute Gasteiger partial charge is 0.431 e. The van der Waals surface area contributed by atoms with Gasteiger partial charge in [-0.3, -0.25) is 10.1 Å². The molecule has 0 spiro atoms. The van der Waals surface area contributed by atoms with Crippen LogP contribution in [-0.4, -0.2) is 14.7 Å². The third-order valence-electron chi connectivity index (χ3n) is 2.77. The Bertz CT molecular complexity index is 810. The zero-order chi connectivity index (χ0) is 15.6. The molecule has 8 nitrogen and oxygen atoms in total. The van der Waals surface area contributed by atoms with Gasteiger partial charge in [-0.15, -0.1) is 0 Å². The number of aryl methyl sites for hydroxylation is 2. The minimum absolute atomic E-state index is 0.0569. The number of rotatable bonds is 3. The molecule has 0 saturated carbocycles. The van der Waals surface area contributed by atoms with E-state index in [0.29, 0.717) is 5.69 Å². The molecule has 2 rings (SSSR count). The lowest BCUT2D eigenvalue weighted by atomic mass is 10.2. The smallest absolute Gasteiger partial charge is 0.312 e. The number of ether oxygens (including phenoxy) is 1. The fourth-order valence-electron chi connectivity index (χ4n) is 1.80. The van der Waals surface area contributed by atoms with E-state index in [4.69, 9.17) is 15.3 Å². The zero-order valence-electron chi connectivity index (χ0n) is 11.2. The molecule has 0 atom stereocenters. The lowest BCUT2D eigenvalue weighted by Gasteiger charge is -2.06. The fraction of sp³-hybridized carbons (Fsp3) is 0.154. The van der Waals surface area contributed by atoms with Crippen LogP contribution in [0.1, 0.15) is 16.8 Å². The van der Waals surface area contributed by atoms with Crippen LogP contribution in [0, 0.1) is 39.7 Å². The van der Waals surface area contributed by atoms with Gasteiger partial charge in [0.2, 0.25) is 11.6 Å². The Hall–Kier alpha value is -3.39. The summed E-state index contributed by atoms with van der Waals surface area (Å²) < 4.78 is 6.80. The van der Waals surface area contributed by atoms with Crippen LogP contribution in [0.3, 0.4) is 0 Å². The van der Waals surface area contributed by atoms with E-state index in [-0.39, 0.29) is 28.4 Å². The van der Waals surface area contributed by atoms with Crippen LogP contribution in [0.2, 0.25) is 0 Å². The molecule has 0 N–H and O–H groups in total. The van der Waals surface area contributed by atoms with Gasteiger partial charge in [-0.2, -0.15) is 15.6 Å². The molecular weight excluding hydrogens is 274 g/mol. The highest BCUT2D eigenvalue weighted by molar-refractivity contribution is 5.54. The minimum atomic E-state index is -0.647. The predicted molar refractivity (Wildman–Crippen MR) is 70.5 cm³/mol. The van der Waals surface area contributed by atoms with E-state index in [9.17, 15) is 10.1 Å². The number of nitriles is 2. The number of nitro benzene ring substituents is 1. The summed E-state index contributed by atoms with van der Waals surface area (Å²) in [5.74, 6) is 0.0568. The Morgan fingerprint density at radius 1 is 1.38 bits per heavy atom. The van der Waals surface area contributed by atoms with Crippen molar-refractivity contribution in [1.29, 1.82) is 10.5 Å². The van der Waals surface area contributed by atoms with Crippen LogP contribution in [0.25, 0.3) is 0 Å². The number of aromatic nitrogens is 2.